The second kappa shape index (κ2) is 6.71. The molecule has 2 aromatic heterocycles. The van der Waals surface area contributed by atoms with Crippen molar-refractivity contribution >= 4 is 22.9 Å². The van der Waals surface area contributed by atoms with Crippen molar-refractivity contribution < 1.29 is 18.8 Å². The van der Waals surface area contributed by atoms with Crippen molar-refractivity contribution in [3.63, 3.8) is 0 Å². The molecule has 3 rings (SSSR count). The highest BCUT2D eigenvalue weighted by Gasteiger charge is 2.17. The van der Waals surface area contributed by atoms with Crippen molar-refractivity contribution in [2.24, 2.45) is 0 Å². The quantitative estimate of drug-likeness (QED) is 0.763. The maximum absolute atomic E-state index is 12.6. The lowest BCUT2D eigenvalue weighted by molar-refractivity contribution is 0.102. The van der Waals surface area contributed by atoms with Gasteiger partial charge in [-0.2, -0.15) is 4.98 Å². The summed E-state index contributed by atoms with van der Waals surface area (Å²) in [6.45, 7) is 1.74. The van der Waals surface area contributed by atoms with E-state index in [1.54, 1.807) is 31.2 Å². The van der Waals surface area contributed by atoms with E-state index in [2.05, 4.69) is 15.5 Å². The van der Waals surface area contributed by atoms with Crippen LogP contribution in [0.2, 0.25) is 0 Å². The second-order valence-electron chi connectivity index (χ2n) is 4.87. The van der Waals surface area contributed by atoms with Crippen LogP contribution in [0.15, 0.2) is 34.2 Å². The highest BCUT2D eigenvalue weighted by molar-refractivity contribution is 7.14. The first kappa shape index (κ1) is 16.0. The van der Waals surface area contributed by atoms with Gasteiger partial charge in [-0.3, -0.25) is 4.79 Å². The summed E-state index contributed by atoms with van der Waals surface area (Å²) in [4.78, 5) is 17.5. The maximum atomic E-state index is 12.6. The fraction of sp³-hybridized carbons (Fsp3) is 0.188. The summed E-state index contributed by atoms with van der Waals surface area (Å²) in [7, 11) is 3.07. The minimum Gasteiger partial charge on any atom is -0.497 e. The van der Waals surface area contributed by atoms with E-state index in [0.717, 1.165) is 0 Å². The number of hydrogen-bond donors (Lipinski definition) is 1. The van der Waals surface area contributed by atoms with Gasteiger partial charge < -0.3 is 19.3 Å². The largest absolute Gasteiger partial charge is 0.497 e. The molecule has 0 radical (unpaired) electrons. The lowest BCUT2D eigenvalue weighted by Crippen LogP contribution is -2.12. The van der Waals surface area contributed by atoms with Crippen LogP contribution in [0.25, 0.3) is 10.8 Å². The number of rotatable bonds is 5. The summed E-state index contributed by atoms with van der Waals surface area (Å²) < 4.78 is 15.5. The van der Waals surface area contributed by atoms with Crippen LogP contribution >= 0.6 is 11.3 Å². The summed E-state index contributed by atoms with van der Waals surface area (Å²) in [5.74, 6) is 1.70. The summed E-state index contributed by atoms with van der Waals surface area (Å²) in [5, 5.41) is 8.46. The lowest BCUT2D eigenvalue weighted by Gasteiger charge is -2.09. The minimum absolute atomic E-state index is 0.289. The molecule has 3 aromatic rings. The number of hydrogen-bond acceptors (Lipinski definition) is 7. The number of carbonyl (C=O) groups excluding carboxylic acids is 1. The standard InChI is InChI=1S/C16H15N3O4S/c1-9-17-16(23-19-9)14-13(4-5-24-14)18-15(20)10-6-11(21-2)8-12(7-10)22-3/h4-8H,1-3H3,(H,18,20). The predicted octanol–water partition coefficient (Wildman–Crippen LogP) is 3.38. The average molecular weight is 345 g/mol. The van der Waals surface area contributed by atoms with Crippen LogP contribution in [0.3, 0.4) is 0 Å². The minimum atomic E-state index is -0.289. The van der Waals surface area contributed by atoms with Gasteiger partial charge in [-0.1, -0.05) is 5.16 Å². The van der Waals surface area contributed by atoms with Gasteiger partial charge in [0.05, 0.1) is 19.9 Å². The number of carbonyl (C=O) groups is 1. The number of aryl methyl sites for hydroxylation is 1. The van der Waals surface area contributed by atoms with E-state index in [9.17, 15) is 4.79 Å². The number of ether oxygens (including phenoxy) is 2. The zero-order valence-corrected chi connectivity index (χ0v) is 14.1. The number of nitrogens with zero attached hydrogens (tertiary/aromatic N) is 2. The van der Waals surface area contributed by atoms with Crippen LogP contribution in [0, 0.1) is 6.92 Å². The Morgan fingerprint density at radius 2 is 1.92 bits per heavy atom. The van der Waals surface area contributed by atoms with E-state index in [4.69, 9.17) is 14.0 Å². The highest BCUT2D eigenvalue weighted by atomic mass is 32.1. The first-order chi connectivity index (χ1) is 11.6. The smallest absolute Gasteiger partial charge is 0.270 e. The SMILES string of the molecule is COc1cc(OC)cc(C(=O)Nc2ccsc2-c2nc(C)no2)c1. The third-order valence-corrected chi connectivity index (χ3v) is 4.15. The van der Waals surface area contributed by atoms with Crippen LogP contribution in [0.4, 0.5) is 5.69 Å². The molecule has 2 heterocycles. The van der Waals surface area contributed by atoms with Gasteiger partial charge in [-0.05, 0) is 30.5 Å². The molecule has 1 N–H and O–H groups in total. The number of methoxy groups -OCH3 is 2. The van der Waals surface area contributed by atoms with Gasteiger partial charge in [0.2, 0.25) is 0 Å². The van der Waals surface area contributed by atoms with Gasteiger partial charge >= 0.3 is 0 Å². The Bertz CT molecular complexity index is 850. The van der Waals surface area contributed by atoms with E-state index >= 15 is 0 Å². The topological polar surface area (TPSA) is 86.5 Å². The van der Waals surface area contributed by atoms with Crippen LogP contribution in [-0.4, -0.2) is 30.3 Å². The Morgan fingerprint density at radius 1 is 1.21 bits per heavy atom. The number of amides is 1. The molecule has 0 bridgehead atoms. The van der Waals surface area contributed by atoms with Crippen molar-refractivity contribution in [3.05, 3.63) is 41.0 Å². The summed E-state index contributed by atoms with van der Waals surface area (Å²) in [6.07, 6.45) is 0. The van der Waals surface area contributed by atoms with Gasteiger partial charge in [0.25, 0.3) is 11.8 Å². The van der Waals surface area contributed by atoms with E-state index in [1.165, 1.54) is 25.6 Å². The molecule has 1 aromatic carbocycles. The molecule has 124 valence electrons. The van der Waals surface area contributed by atoms with Crippen molar-refractivity contribution in [2.45, 2.75) is 6.92 Å². The normalized spacial score (nSPS) is 10.5. The van der Waals surface area contributed by atoms with Crippen molar-refractivity contribution in [1.82, 2.24) is 10.1 Å². The number of nitrogens with one attached hydrogen (secondary N) is 1. The van der Waals surface area contributed by atoms with Crippen LogP contribution < -0.4 is 14.8 Å². The number of benzene rings is 1. The summed E-state index contributed by atoms with van der Waals surface area (Å²) >= 11 is 1.41. The molecule has 0 saturated carbocycles. The Hall–Kier alpha value is -2.87. The van der Waals surface area contributed by atoms with Crippen molar-refractivity contribution in [1.29, 1.82) is 0 Å². The Balaban J connectivity index is 1.87. The summed E-state index contributed by atoms with van der Waals surface area (Å²) in [5.41, 5.74) is 1.03. The second-order valence-corrected chi connectivity index (χ2v) is 5.78. The Morgan fingerprint density at radius 3 is 2.50 bits per heavy atom. The first-order valence-corrected chi connectivity index (χ1v) is 7.91. The Kier molecular flexibility index (Phi) is 4.48. The van der Waals surface area contributed by atoms with Crippen LogP contribution in [0.1, 0.15) is 16.2 Å². The maximum Gasteiger partial charge on any atom is 0.270 e. The monoisotopic (exact) mass is 345 g/mol. The Labute approximate surface area is 142 Å². The molecule has 7 nitrogen and oxygen atoms in total. The molecule has 24 heavy (non-hydrogen) atoms. The zero-order chi connectivity index (χ0) is 17.1. The number of thiophene rings is 1. The molecule has 0 spiro atoms. The first-order valence-electron chi connectivity index (χ1n) is 7.03. The van der Waals surface area contributed by atoms with Gasteiger partial charge in [-0.15, -0.1) is 11.3 Å². The molecular weight excluding hydrogens is 330 g/mol. The highest BCUT2D eigenvalue weighted by Crippen LogP contribution is 2.33. The van der Waals surface area contributed by atoms with Gasteiger partial charge in [0.1, 0.15) is 16.4 Å². The van der Waals surface area contributed by atoms with Gasteiger partial charge in [0.15, 0.2) is 5.82 Å². The fourth-order valence-corrected chi connectivity index (χ4v) is 2.87. The van der Waals surface area contributed by atoms with Crippen molar-refractivity contribution in [3.8, 4) is 22.3 Å². The zero-order valence-electron chi connectivity index (χ0n) is 13.3. The molecule has 0 atom stereocenters. The summed E-state index contributed by atoms with van der Waals surface area (Å²) in [6, 6.07) is 6.77. The molecule has 8 heteroatoms. The van der Waals surface area contributed by atoms with E-state index in [1.807, 2.05) is 5.38 Å². The van der Waals surface area contributed by atoms with Crippen molar-refractivity contribution in [2.75, 3.05) is 19.5 Å². The van der Waals surface area contributed by atoms with E-state index < -0.39 is 0 Å². The third kappa shape index (κ3) is 3.23. The van der Waals surface area contributed by atoms with E-state index in [0.29, 0.717) is 39.3 Å². The molecule has 0 aliphatic heterocycles. The number of aromatic nitrogens is 2. The lowest BCUT2D eigenvalue weighted by atomic mass is 10.2. The van der Waals surface area contributed by atoms with E-state index in [-0.39, 0.29) is 5.91 Å². The van der Waals surface area contributed by atoms with Crippen LogP contribution in [0.5, 0.6) is 11.5 Å². The fourth-order valence-electron chi connectivity index (χ4n) is 2.10. The molecule has 0 unspecified atom stereocenters. The average Bonchev–Trinajstić information content (AvgIpc) is 3.22. The van der Waals surface area contributed by atoms with Gasteiger partial charge in [0, 0.05) is 11.6 Å². The molecule has 1 amide bonds. The third-order valence-electron chi connectivity index (χ3n) is 3.25. The molecule has 0 fully saturated rings. The molecule has 0 saturated heterocycles. The molecular formula is C16H15N3O4S. The van der Waals surface area contributed by atoms with Crippen LogP contribution in [-0.2, 0) is 0 Å². The molecule has 0 aliphatic rings. The molecule has 0 aliphatic carbocycles. The van der Waals surface area contributed by atoms with Gasteiger partial charge in [-0.25, -0.2) is 0 Å². The predicted molar refractivity (Wildman–Crippen MR) is 89.8 cm³/mol. The number of anilines is 1.